The molecule has 3 atom stereocenters. The molecule has 0 aliphatic heterocycles. The molecule has 68 valence electrons. The summed E-state index contributed by atoms with van der Waals surface area (Å²) in [7, 11) is 0. The van der Waals surface area contributed by atoms with E-state index in [9.17, 15) is 0 Å². The van der Waals surface area contributed by atoms with Crippen LogP contribution < -0.4 is 0 Å². The molecule has 2 saturated carbocycles. The Labute approximate surface area is 80.0 Å². The average Bonchev–Trinajstić information content (AvgIpc) is 2.72. The lowest BCUT2D eigenvalue weighted by atomic mass is 9.91. The van der Waals surface area contributed by atoms with Crippen LogP contribution in [0.25, 0.3) is 0 Å². The Morgan fingerprint density at radius 2 is 1.92 bits per heavy atom. The van der Waals surface area contributed by atoms with Crippen LogP contribution in [0.15, 0.2) is 30.3 Å². The van der Waals surface area contributed by atoms with Gasteiger partial charge in [-0.1, -0.05) is 37.3 Å². The molecule has 0 amide bonds. The second-order valence-corrected chi connectivity index (χ2v) is 4.97. The second kappa shape index (κ2) is 2.37. The zero-order valence-electron chi connectivity index (χ0n) is 8.16. The Bertz CT molecular complexity index is 314. The van der Waals surface area contributed by atoms with E-state index in [4.69, 9.17) is 0 Å². The van der Waals surface area contributed by atoms with E-state index in [1.807, 2.05) is 0 Å². The number of fused-ring (bicyclic) bond motifs is 1. The van der Waals surface area contributed by atoms with Gasteiger partial charge in [0.1, 0.15) is 0 Å². The molecule has 2 aliphatic rings. The highest BCUT2D eigenvalue weighted by atomic mass is 14.6. The van der Waals surface area contributed by atoms with Gasteiger partial charge in [0.2, 0.25) is 0 Å². The molecule has 3 unspecified atom stereocenters. The first-order valence-electron chi connectivity index (χ1n) is 5.37. The monoisotopic (exact) mass is 172 g/mol. The van der Waals surface area contributed by atoms with E-state index in [-0.39, 0.29) is 0 Å². The Hall–Kier alpha value is -0.780. The van der Waals surface area contributed by atoms with Gasteiger partial charge in [-0.3, -0.25) is 0 Å². The predicted molar refractivity (Wildman–Crippen MR) is 54.6 cm³/mol. The third kappa shape index (κ3) is 0.979. The fourth-order valence-corrected chi connectivity index (χ4v) is 3.37. The SMILES string of the molecule is CC1CC2CC2(c2ccccc2)C1. The van der Waals surface area contributed by atoms with Gasteiger partial charge in [0, 0.05) is 0 Å². The van der Waals surface area contributed by atoms with E-state index in [1.165, 1.54) is 19.3 Å². The van der Waals surface area contributed by atoms with Crippen molar-refractivity contribution in [1.82, 2.24) is 0 Å². The lowest BCUT2D eigenvalue weighted by Crippen LogP contribution is -2.06. The van der Waals surface area contributed by atoms with Crippen LogP contribution in [0.3, 0.4) is 0 Å². The molecule has 0 N–H and O–H groups in total. The average molecular weight is 172 g/mol. The molecule has 0 radical (unpaired) electrons. The number of rotatable bonds is 1. The van der Waals surface area contributed by atoms with Crippen molar-refractivity contribution in [2.75, 3.05) is 0 Å². The smallest absolute Gasteiger partial charge is 0.00129 e. The first-order valence-corrected chi connectivity index (χ1v) is 5.37. The van der Waals surface area contributed by atoms with Gasteiger partial charge in [-0.05, 0) is 42.1 Å². The summed E-state index contributed by atoms with van der Waals surface area (Å²) in [5.74, 6) is 1.98. The van der Waals surface area contributed by atoms with Gasteiger partial charge in [0.25, 0.3) is 0 Å². The first kappa shape index (κ1) is 7.61. The molecular formula is C13H16. The molecule has 0 heterocycles. The maximum absolute atomic E-state index is 2.40. The van der Waals surface area contributed by atoms with E-state index in [0.29, 0.717) is 5.41 Å². The Morgan fingerprint density at radius 3 is 2.54 bits per heavy atom. The topological polar surface area (TPSA) is 0 Å². The summed E-state index contributed by atoms with van der Waals surface area (Å²) >= 11 is 0. The van der Waals surface area contributed by atoms with Crippen molar-refractivity contribution in [2.45, 2.75) is 31.6 Å². The molecule has 0 bridgehead atoms. The molecule has 13 heavy (non-hydrogen) atoms. The summed E-state index contributed by atoms with van der Waals surface area (Å²) in [6.07, 6.45) is 4.36. The minimum absolute atomic E-state index is 0.626. The highest BCUT2D eigenvalue weighted by molar-refractivity contribution is 5.35. The highest BCUT2D eigenvalue weighted by Crippen LogP contribution is 2.65. The lowest BCUT2D eigenvalue weighted by molar-refractivity contribution is 0.514. The summed E-state index contributed by atoms with van der Waals surface area (Å²) < 4.78 is 0. The quantitative estimate of drug-likeness (QED) is 0.609. The van der Waals surface area contributed by atoms with Crippen LogP contribution >= 0.6 is 0 Å². The van der Waals surface area contributed by atoms with Crippen molar-refractivity contribution in [1.29, 1.82) is 0 Å². The van der Waals surface area contributed by atoms with Gasteiger partial charge in [-0.15, -0.1) is 0 Å². The van der Waals surface area contributed by atoms with Gasteiger partial charge in [-0.25, -0.2) is 0 Å². The summed E-state index contributed by atoms with van der Waals surface area (Å²) in [6.45, 7) is 2.40. The van der Waals surface area contributed by atoms with Crippen molar-refractivity contribution in [3.63, 3.8) is 0 Å². The van der Waals surface area contributed by atoms with Gasteiger partial charge in [-0.2, -0.15) is 0 Å². The van der Waals surface area contributed by atoms with Crippen LogP contribution in [0, 0.1) is 11.8 Å². The van der Waals surface area contributed by atoms with E-state index < -0.39 is 0 Å². The van der Waals surface area contributed by atoms with E-state index in [2.05, 4.69) is 37.3 Å². The van der Waals surface area contributed by atoms with Gasteiger partial charge in [0.05, 0.1) is 0 Å². The third-order valence-electron chi connectivity index (χ3n) is 3.98. The van der Waals surface area contributed by atoms with Crippen LogP contribution in [0.2, 0.25) is 0 Å². The van der Waals surface area contributed by atoms with Crippen LogP contribution in [0.1, 0.15) is 31.7 Å². The van der Waals surface area contributed by atoms with Crippen LogP contribution in [0.4, 0.5) is 0 Å². The summed E-state index contributed by atoms with van der Waals surface area (Å²) in [4.78, 5) is 0. The van der Waals surface area contributed by atoms with Gasteiger partial charge < -0.3 is 0 Å². The van der Waals surface area contributed by atoms with Gasteiger partial charge >= 0.3 is 0 Å². The molecule has 0 nitrogen and oxygen atoms in total. The van der Waals surface area contributed by atoms with Crippen molar-refractivity contribution in [3.8, 4) is 0 Å². The summed E-state index contributed by atoms with van der Waals surface area (Å²) in [6, 6.07) is 11.1. The maximum atomic E-state index is 2.40. The normalized spacial score (nSPS) is 41.6. The zero-order valence-corrected chi connectivity index (χ0v) is 8.16. The molecule has 0 saturated heterocycles. The standard InChI is InChI=1S/C13H16/c1-10-7-12-9-13(12,8-10)11-5-3-2-4-6-11/h2-6,10,12H,7-9H2,1H3. The fraction of sp³-hybridized carbons (Fsp3) is 0.538. The fourth-order valence-electron chi connectivity index (χ4n) is 3.37. The molecule has 1 aromatic carbocycles. The van der Waals surface area contributed by atoms with E-state index in [0.717, 1.165) is 11.8 Å². The number of benzene rings is 1. The molecule has 2 fully saturated rings. The summed E-state index contributed by atoms with van der Waals surface area (Å²) in [5.41, 5.74) is 2.23. The molecule has 2 aliphatic carbocycles. The molecule has 3 rings (SSSR count). The third-order valence-corrected chi connectivity index (χ3v) is 3.98. The molecule has 1 aromatic rings. The van der Waals surface area contributed by atoms with Crippen LogP contribution in [0.5, 0.6) is 0 Å². The molecule has 0 aromatic heterocycles. The van der Waals surface area contributed by atoms with E-state index in [1.54, 1.807) is 5.56 Å². The lowest BCUT2D eigenvalue weighted by Gasteiger charge is -2.13. The largest absolute Gasteiger partial charge is 0.0625 e. The Kier molecular flexibility index (Phi) is 1.39. The first-order chi connectivity index (χ1) is 6.31. The molecular weight excluding hydrogens is 156 g/mol. The Morgan fingerprint density at radius 1 is 1.15 bits per heavy atom. The predicted octanol–water partition coefficient (Wildman–Crippen LogP) is 3.37. The van der Waals surface area contributed by atoms with Crippen molar-refractivity contribution < 1.29 is 0 Å². The minimum Gasteiger partial charge on any atom is -0.0625 e. The highest BCUT2D eigenvalue weighted by Gasteiger charge is 2.59. The van der Waals surface area contributed by atoms with Crippen LogP contribution in [-0.4, -0.2) is 0 Å². The van der Waals surface area contributed by atoms with Crippen LogP contribution in [-0.2, 0) is 5.41 Å². The molecule has 0 heteroatoms. The van der Waals surface area contributed by atoms with E-state index >= 15 is 0 Å². The maximum Gasteiger partial charge on any atom is -0.00129 e. The molecule has 0 spiro atoms. The summed E-state index contributed by atoms with van der Waals surface area (Å²) in [5, 5.41) is 0. The Balaban J connectivity index is 1.95. The van der Waals surface area contributed by atoms with Crippen molar-refractivity contribution in [2.24, 2.45) is 11.8 Å². The zero-order chi connectivity index (χ0) is 8.89. The minimum atomic E-state index is 0.626. The van der Waals surface area contributed by atoms with Crippen molar-refractivity contribution in [3.05, 3.63) is 35.9 Å². The second-order valence-electron chi connectivity index (χ2n) is 4.97. The number of hydrogen-bond donors (Lipinski definition) is 0. The number of hydrogen-bond acceptors (Lipinski definition) is 0. The van der Waals surface area contributed by atoms with Crippen molar-refractivity contribution >= 4 is 0 Å². The van der Waals surface area contributed by atoms with Gasteiger partial charge in [0.15, 0.2) is 0 Å².